The van der Waals surface area contributed by atoms with Crippen LogP contribution in [-0.2, 0) is 10.2 Å². The summed E-state index contributed by atoms with van der Waals surface area (Å²) in [5.41, 5.74) is 0.463. The van der Waals surface area contributed by atoms with Gasteiger partial charge in [0.05, 0.1) is 6.07 Å². The van der Waals surface area contributed by atoms with Crippen molar-refractivity contribution < 1.29 is 9.90 Å². The van der Waals surface area contributed by atoms with E-state index in [1.807, 2.05) is 18.2 Å². The maximum Gasteiger partial charge on any atom is 0.321 e. The molecule has 0 aromatic heterocycles. The first kappa shape index (κ1) is 21.6. The molecule has 0 saturated carbocycles. The lowest BCUT2D eigenvalue weighted by atomic mass is 9.64. The molecule has 0 amide bonds. The number of nitrogens with zero attached hydrogens (tertiary/aromatic N) is 1. The average Bonchev–Trinajstić information content (AvgIpc) is 3.04. The highest BCUT2D eigenvalue weighted by atomic mass is 35.5. The summed E-state index contributed by atoms with van der Waals surface area (Å²) in [4.78, 5) is 12.2. The summed E-state index contributed by atoms with van der Waals surface area (Å²) in [6, 6.07) is 15.7. The predicted molar refractivity (Wildman–Crippen MR) is 115 cm³/mol. The Bertz CT molecular complexity index is 910. The van der Waals surface area contributed by atoms with E-state index in [1.54, 1.807) is 30.3 Å². The van der Waals surface area contributed by atoms with Gasteiger partial charge in [-0.3, -0.25) is 10.1 Å². The van der Waals surface area contributed by atoms with E-state index in [1.165, 1.54) is 0 Å². The Hall–Kier alpha value is -2.06. The van der Waals surface area contributed by atoms with Crippen LogP contribution in [0.1, 0.15) is 49.7 Å². The number of carboxylic acids is 1. The summed E-state index contributed by atoms with van der Waals surface area (Å²) >= 11 is 12.3. The fourth-order valence-electron chi connectivity index (χ4n) is 4.52. The van der Waals surface area contributed by atoms with Crippen molar-refractivity contribution >= 4 is 29.2 Å². The van der Waals surface area contributed by atoms with Gasteiger partial charge < -0.3 is 5.11 Å². The molecule has 1 fully saturated rings. The molecule has 0 aliphatic carbocycles. The highest BCUT2D eigenvalue weighted by molar-refractivity contribution is 6.30. The highest BCUT2D eigenvalue weighted by Crippen LogP contribution is 2.50. The van der Waals surface area contributed by atoms with Crippen molar-refractivity contribution in [2.45, 2.75) is 56.0 Å². The third kappa shape index (κ3) is 4.14. The number of benzene rings is 2. The summed E-state index contributed by atoms with van der Waals surface area (Å²) in [5.74, 6) is -1.56. The molecule has 0 spiro atoms. The molecule has 2 N–H and O–H groups in total. The van der Waals surface area contributed by atoms with Crippen LogP contribution in [-0.4, -0.2) is 23.2 Å². The average molecular weight is 431 g/mol. The van der Waals surface area contributed by atoms with E-state index in [2.05, 4.69) is 18.3 Å². The molecule has 1 aliphatic heterocycles. The van der Waals surface area contributed by atoms with Gasteiger partial charge in [0.25, 0.3) is 0 Å². The molecule has 3 rings (SSSR count). The summed E-state index contributed by atoms with van der Waals surface area (Å²) in [7, 11) is 0. The minimum absolute atomic E-state index is 0.301. The van der Waals surface area contributed by atoms with E-state index in [4.69, 9.17) is 23.2 Å². The van der Waals surface area contributed by atoms with E-state index in [-0.39, 0.29) is 6.04 Å². The topological polar surface area (TPSA) is 73.1 Å². The van der Waals surface area contributed by atoms with Crippen molar-refractivity contribution in [3.05, 3.63) is 69.7 Å². The molecule has 152 valence electrons. The van der Waals surface area contributed by atoms with Crippen molar-refractivity contribution in [3.63, 3.8) is 0 Å². The monoisotopic (exact) mass is 430 g/mol. The zero-order valence-electron chi connectivity index (χ0n) is 16.2. The van der Waals surface area contributed by atoms with Crippen LogP contribution < -0.4 is 5.32 Å². The van der Waals surface area contributed by atoms with Gasteiger partial charge in [-0.2, -0.15) is 5.26 Å². The Kier molecular flexibility index (Phi) is 6.85. The number of hydrogen-bond acceptors (Lipinski definition) is 3. The van der Waals surface area contributed by atoms with Crippen molar-refractivity contribution in [1.82, 2.24) is 5.32 Å². The number of carbonyl (C=O) groups is 1. The van der Waals surface area contributed by atoms with Crippen molar-refractivity contribution in [2.24, 2.45) is 0 Å². The third-order valence-electron chi connectivity index (χ3n) is 5.83. The van der Waals surface area contributed by atoms with Crippen LogP contribution in [0.3, 0.4) is 0 Å². The van der Waals surface area contributed by atoms with Crippen molar-refractivity contribution in [2.75, 3.05) is 0 Å². The molecular formula is C23H24Cl2N2O2. The molecule has 0 radical (unpaired) electrons. The molecular weight excluding hydrogens is 407 g/mol. The van der Waals surface area contributed by atoms with Crippen LogP contribution in [0.5, 0.6) is 0 Å². The number of aliphatic carboxylic acids is 1. The molecule has 1 aliphatic rings. The quantitative estimate of drug-likeness (QED) is 0.565. The molecule has 4 nitrogen and oxygen atoms in total. The van der Waals surface area contributed by atoms with E-state index < -0.39 is 23.3 Å². The van der Waals surface area contributed by atoms with Crippen LogP contribution in [0.2, 0.25) is 10.0 Å². The Morgan fingerprint density at radius 3 is 2.48 bits per heavy atom. The molecule has 6 heteroatoms. The number of hydrogen-bond donors (Lipinski definition) is 2. The van der Waals surface area contributed by atoms with E-state index in [9.17, 15) is 15.2 Å². The standard InChI is InChI=1S/C23H24Cl2N2O2/c1-2-3-4-8-19-23(14-26,16-9-11-17(24)12-10-16)20(21(27-19)22(28)29)15-6-5-7-18(25)13-15/h5-7,9-13,19-21,27H,2-4,8H2,1H3,(H,28,29)/t19-,20+,21-,23+/m1/s1. The maximum atomic E-state index is 12.2. The molecule has 29 heavy (non-hydrogen) atoms. The van der Waals surface area contributed by atoms with Crippen LogP contribution in [0.4, 0.5) is 0 Å². The third-order valence-corrected chi connectivity index (χ3v) is 6.32. The number of carboxylic acid groups (broad SMARTS) is 1. The van der Waals surface area contributed by atoms with E-state index in [0.29, 0.717) is 16.5 Å². The van der Waals surface area contributed by atoms with Gasteiger partial charge >= 0.3 is 5.97 Å². The summed E-state index contributed by atoms with van der Waals surface area (Å²) in [6.45, 7) is 2.12. The van der Waals surface area contributed by atoms with Gasteiger partial charge in [-0.05, 0) is 41.8 Å². The zero-order chi connectivity index (χ0) is 21.0. The molecule has 1 saturated heterocycles. The van der Waals surface area contributed by atoms with Crippen molar-refractivity contribution in [1.29, 1.82) is 5.26 Å². The smallest absolute Gasteiger partial charge is 0.321 e. The first-order chi connectivity index (χ1) is 13.9. The second-order valence-corrected chi connectivity index (χ2v) is 8.42. The van der Waals surface area contributed by atoms with Gasteiger partial charge in [-0.25, -0.2) is 0 Å². The highest BCUT2D eigenvalue weighted by Gasteiger charge is 2.58. The lowest BCUT2D eigenvalue weighted by molar-refractivity contribution is -0.139. The van der Waals surface area contributed by atoms with Crippen LogP contribution in [0, 0.1) is 11.3 Å². The lowest BCUT2D eigenvalue weighted by Crippen LogP contribution is -2.41. The molecule has 0 bridgehead atoms. The summed E-state index contributed by atoms with van der Waals surface area (Å²) in [6.07, 6.45) is 3.71. The minimum atomic E-state index is -1.05. The van der Waals surface area contributed by atoms with Crippen LogP contribution >= 0.6 is 23.2 Å². The number of unbranched alkanes of at least 4 members (excludes halogenated alkanes) is 2. The second-order valence-electron chi connectivity index (χ2n) is 7.55. The van der Waals surface area contributed by atoms with Crippen LogP contribution in [0.25, 0.3) is 0 Å². The van der Waals surface area contributed by atoms with Crippen LogP contribution in [0.15, 0.2) is 48.5 Å². The Morgan fingerprint density at radius 1 is 1.17 bits per heavy atom. The van der Waals surface area contributed by atoms with Gasteiger partial charge in [-0.15, -0.1) is 0 Å². The number of rotatable bonds is 7. The normalized spacial score (nSPS) is 26.2. The molecule has 0 unspecified atom stereocenters. The largest absolute Gasteiger partial charge is 0.480 e. The van der Waals surface area contributed by atoms with E-state index in [0.717, 1.165) is 30.4 Å². The number of nitrogens with one attached hydrogen (secondary N) is 1. The lowest BCUT2D eigenvalue weighted by Gasteiger charge is -2.34. The summed E-state index contributed by atoms with van der Waals surface area (Å²) in [5, 5.41) is 24.9. The number of nitriles is 1. The zero-order valence-corrected chi connectivity index (χ0v) is 17.7. The van der Waals surface area contributed by atoms with Gasteiger partial charge in [0, 0.05) is 22.0 Å². The van der Waals surface area contributed by atoms with Gasteiger partial charge in [0.2, 0.25) is 0 Å². The van der Waals surface area contributed by atoms with Gasteiger partial charge in [0.1, 0.15) is 11.5 Å². The van der Waals surface area contributed by atoms with Gasteiger partial charge in [0.15, 0.2) is 0 Å². The predicted octanol–water partition coefficient (Wildman–Crippen LogP) is 5.54. The number of halogens is 2. The Morgan fingerprint density at radius 2 is 1.90 bits per heavy atom. The Balaban J connectivity index is 2.19. The first-order valence-electron chi connectivity index (χ1n) is 9.85. The maximum absolute atomic E-state index is 12.2. The molecule has 4 atom stereocenters. The second kappa shape index (κ2) is 9.17. The fourth-order valence-corrected chi connectivity index (χ4v) is 4.85. The first-order valence-corrected chi connectivity index (χ1v) is 10.6. The molecule has 1 heterocycles. The molecule has 2 aromatic rings. The summed E-state index contributed by atoms with van der Waals surface area (Å²) < 4.78 is 0. The van der Waals surface area contributed by atoms with Crippen molar-refractivity contribution in [3.8, 4) is 6.07 Å². The Labute approximate surface area is 181 Å². The molecule has 2 aromatic carbocycles. The SMILES string of the molecule is CCCCC[C@H]1N[C@@H](C(=O)O)[C@H](c2cccc(Cl)c2)[C@@]1(C#N)c1ccc(Cl)cc1. The van der Waals surface area contributed by atoms with E-state index >= 15 is 0 Å². The van der Waals surface area contributed by atoms with Gasteiger partial charge in [-0.1, -0.05) is 73.7 Å². The minimum Gasteiger partial charge on any atom is -0.480 e. The fraction of sp³-hybridized carbons (Fsp3) is 0.391.